The number of amides is 5. The van der Waals surface area contributed by atoms with Crippen molar-refractivity contribution in [1.29, 1.82) is 0 Å². The molecule has 19 heteroatoms. The maximum atomic E-state index is 12.9. The molecule has 0 unspecified atom stereocenters. The van der Waals surface area contributed by atoms with Gasteiger partial charge in [-0.05, 0) is 52.5 Å². The van der Waals surface area contributed by atoms with Crippen molar-refractivity contribution in [2.24, 2.45) is 11.5 Å². The van der Waals surface area contributed by atoms with Gasteiger partial charge in [0.15, 0.2) is 0 Å². The standard InChI is InChI=1S/C25H43N7O12/c1-12(28-22(40)14(27)6-8-18(34)35)20(38)30-15(7-9-19(36)37)23(41)32-17(11-33)24(42)29-13(2)21(39)31-16(25(43)44)5-3-4-10-26/h12-17,33H,3-11,26-27H2,1-2H3,(H,28,40)(H,29,42)(H,30,38)(H,31,39)(H,32,41)(H,34,35)(H,36,37)(H,43,44)/t12-,13-,14-,15-,16-,17-/m0/s1. The summed E-state index contributed by atoms with van der Waals surface area (Å²) in [4.78, 5) is 96.0. The molecule has 0 aliphatic rings. The number of aliphatic carboxylic acids is 3. The van der Waals surface area contributed by atoms with E-state index in [1.165, 1.54) is 13.8 Å². The van der Waals surface area contributed by atoms with E-state index in [0.29, 0.717) is 19.4 Å². The topological polar surface area (TPSA) is 330 Å². The number of carboxylic acids is 3. The molecule has 0 aromatic rings. The Labute approximate surface area is 252 Å². The van der Waals surface area contributed by atoms with Crippen LogP contribution in [0.1, 0.15) is 58.8 Å². The number of carbonyl (C=O) groups excluding carboxylic acids is 5. The Hall–Kier alpha value is -4.36. The first-order valence-corrected chi connectivity index (χ1v) is 13.8. The molecule has 0 radical (unpaired) electrons. The SMILES string of the molecule is C[C@H](NC(=O)[C@H](CO)NC(=O)[C@H](CCC(=O)O)NC(=O)[C@H](C)NC(=O)[C@@H](N)CCC(=O)O)C(=O)N[C@@H](CCCCN)C(=O)O. The van der Waals surface area contributed by atoms with Gasteiger partial charge in [-0.2, -0.15) is 0 Å². The highest BCUT2D eigenvalue weighted by Crippen LogP contribution is 2.04. The van der Waals surface area contributed by atoms with Gasteiger partial charge in [-0.25, -0.2) is 4.79 Å². The lowest BCUT2D eigenvalue weighted by atomic mass is 10.1. The van der Waals surface area contributed by atoms with Crippen LogP contribution in [0.15, 0.2) is 0 Å². The van der Waals surface area contributed by atoms with Gasteiger partial charge in [0.05, 0.1) is 12.6 Å². The maximum Gasteiger partial charge on any atom is 0.326 e. The molecule has 0 aromatic heterocycles. The summed E-state index contributed by atoms with van der Waals surface area (Å²) in [6, 6.07) is -8.28. The van der Waals surface area contributed by atoms with Crippen LogP contribution in [0, 0.1) is 0 Å². The van der Waals surface area contributed by atoms with E-state index in [2.05, 4.69) is 26.6 Å². The fourth-order valence-corrected chi connectivity index (χ4v) is 3.52. The quantitative estimate of drug-likeness (QED) is 0.0503. The molecule has 0 aromatic carbocycles. The first kappa shape index (κ1) is 39.6. The minimum absolute atomic E-state index is 0.0948. The van der Waals surface area contributed by atoms with Crippen LogP contribution in [-0.4, -0.2) is 117 Å². The number of rotatable bonds is 22. The van der Waals surface area contributed by atoms with Gasteiger partial charge < -0.3 is 58.5 Å². The second kappa shape index (κ2) is 20.5. The van der Waals surface area contributed by atoms with E-state index in [1.54, 1.807) is 0 Å². The van der Waals surface area contributed by atoms with Gasteiger partial charge in [0.25, 0.3) is 0 Å². The third kappa shape index (κ3) is 15.8. The summed E-state index contributed by atoms with van der Waals surface area (Å²) in [6.07, 6.45) is -0.593. The molecule has 0 rings (SSSR count). The van der Waals surface area contributed by atoms with Crippen molar-refractivity contribution in [3.63, 3.8) is 0 Å². The molecule has 250 valence electrons. The third-order valence-electron chi connectivity index (χ3n) is 6.17. The zero-order chi connectivity index (χ0) is 34.0. The number of hydrogen-bond acceptors (Lipinski definition) is 11. The molecular formula is C25H43N7O12. The Bertz CT molecular complexity index is 1040. The molecule has 0 fully saturated rings. The lowest BCUT2D eigenvalue weighted by Gasteiger charge is -2.25. The van der Waals surface area contributed by atoms with E-state index in [9.17, 15) is 48.6 Å². The number of hydrogen-bond donors (Lipinski definition) is 11. The van der Waals surface area contributed by atoms with Crippen molar-refractivity contribution < 1.29 is 58.8 Å². The maximum absolute atomic E-state index is 12.9. The molecule has 0 heterocycles. The Morgan fingerprint density at radius 3 is 1.52 bits per heavy atom. The monoisotopic (exact) mass is 633 g/mol. The van der Waals surface area contributed by atoms with Gasteiger partial charge in [-0.3, -0.25) is 33.6 Å². The highest BCUT2D eigenvalue weighted by atomic mass is 16.4. The van der Waals surface area contributed by atoms with E-state index in [4.69, 9.17) is 21.7 Å². The normalized spacial score (nSPS) is 14.8. The molecule has 13 N–H and O–H groups in total. The van der Waals surface area contributed by atoms with Crippen LogP contribution in [0.4, 0.5) is 0 Å². The molecule has 0 saturated carbocycles. The summed E-state index contributed by atoms with van der Waals surface area (Å²) in [5.41, 5.74) is 11.0. The van der Waals surface area contributed by atoms with Crippen molar-refractivity contribution in [3.8, 4) is 0 Å². The van der Waals surface area contributed by atoms with Crippen molar-refractivity contribution in [2.75, 3.05) is 13.2 Å². The first-order valence-electron chi connectivity index (χ1n) is 13.8. The Morgan fingerprint density at radius 2 is 1.05 bits per heavy atom. The van der Waals surface area contributed by atoms with E-state index in [1.807, 2.05) is 0 Å². The van der Waals surface area contributed by atoms with Crippen LogP contribution in [0.25, 0.3) is 0 Å². The van der Waals surface area contributed by atoms with Crippen molar-refractivity contribution in [1.82, 2.24) is 26.6 Å². The average molecular weight is 634 g/mol. The van der Waals surface area contributed by atoms with Gasteiger partial charge >= 0.3 is 17.9 Å². The highest BCUT2D eigenvalue weighted by Gasteiger charge is 2.31. The Kier molecular flexibility index (Phi) is 18.5. The van der Waals surface area contributed by atoms with Crippen LogP contribution < -0.4 is 38.1 Å². The van der Waals surface area contributed by atoms with E-state index in [-0.39, 0.29) is 12.8 Å². The molecular weight excluding hydrogens is 590 g/mol. The second-order valence-electron chi connectivity index (χ2n) is 9.92. The summed E-state index contributed by atoms with van der Waals surface area (Å²) in [7, 11) is 0. The number of carboxylic acid groups (broad SMARTS) is 3. The Morgan fingerprint density at radius 1 is 0.591 bits per heavy atom. The minimum Gasteiger partial charge on any atom is -0.481 e. The minimum atomic E-state index is -1.66. The van der Waals surface area contributed by atoms with Crippen LogP contribution in [0.2, 0.25) is 0 Å². The van der Waals surface area contributed by atoms with Gasteiger partial charge in [-0.15, -0.1) is 0 Å². The molecule has 0 bridgehead atoms. The molecule has 0 spiro atoms. The fourth-order valence-electron chi connectivity index (χ4n) is 3.52. The van der Waals surface area contributed by atoms with E-state index < -0.39 is 110 Å². The van der Waals surface area contributed by atoms with Crippen LogP contribution >= 0.6 is 0 Å². The predicted octanol–water partition coefficient (Wildman–Crippen LogP) is -4.29. The lowest BCUT2D eigenvalue weighted by molar-refractivity contribution is -0.142. The number of carbonyl (C=O) groups is 8. The number of nitrogens with two attached hydrogens (primary N) is 2. The van der Waals surface area contributed by atoms with E-state index in [0.717, 1.165) is 0 Å². The van der Waals surface area contributed by atoms with Gasteiger partial charge in [0, 0.05) is 12.8 Å². The van der Waals surface area contributed by atoms with Crippen LogP contribution in [-0.2, 0) is 38.4 Å². The Balaban J connectivity index is 5.35. The molecule has 0 aliphatic carbocycles. The number of aliphatic hydroxyl groups excluding tert-OH is 1. The summed E-state index contributed by atoms with van der Waals surface area (Å²) in [5.74, 6) is -8.55. The molecule has 44 heavy (non-hydrogen) atoms. The largest absolute Gasteiger partial charge is 0.481 e. The molecule has 5 amide bonds. The highest BCUT2D eigenvalue weighted by molar-refractivity contribution is 5.96. The van der Waals surface area contributed by atoms with Crippen molar-refractivity contribution >= 4 is 47.4 Å². The van der Waals surface area contributed by atoms with E-state index >= 15 is 0 Å². The van der Waals surface area contributed by atoms with Gasteiger partial charge in [0.1, 0.15) is 30.2 Å². The van der Waals surface area contributed by atoms with Crippen molar-refractivity contribution in [3.05, 3.63) is 0 Å². The molecule has 0 aliphatic heterocycles. The summed E-state index contributed by atoms with van der Waals surface area (Å²) < 4.78 is 0. The zero-order valence-corrected chi connectivity index (χ0v) is 24.5. The average Bonchev–Trinajstić information content (AvgIpc) is 2.95. The predicted molar refractivity (Wildman–Crippen MR) is 150 cm³/mol. The summed E-state index contributed by atoms with van der Waals surface area (Å²) in [6.45, 7) is 1.83. The van der Waals surface area contributed by atoms with Crippen LogP contribution in [0.3, 0.4) is 0 Å². The molecule has 6 atom stereocenters. The zero-order valence-electron chi connectivity index (χ0n) is 24.5. The third-order valence-corrected chi connectivity index (χ3v) is 6.17. The van der Waals surface area contributed by atoms with Crippen LogP contribution in [0.5, 0.6) is 0 Å². The van der Waals surface area contributed by atoms with Gasteiger partial charge in [0.2, 0.25) is 29.5 Å². The number of aliphatic hydroxyl groups is 1. The second-order valence-corrected chi connectivity index (χ2v) is 9.92. The lowest BCUT2D eigenvalue weighted by Crippen LogP contribution is -2.59. The first-order chi connectivity index (χ1) is 20.5. The molecule has 0 saturated heterocycles. The fraction of sp³-hybridized carbons (Fsp3) is 0.680. The smallest absolute Gasteiger partial charge is 0.326 e. The van der Waals surface area contributed by atoms with Crippen molar-refractivity contribution in [2.45, 2.75) is 95.0 Å². The summed E-state index contributed by atoms with van der Waals surface area (Å²) >= 11 is 0. The molecule has 19 nitrogen and oxygen atoms in total. The number of nitrogens with one attached hydrogen (secondary N) is 5. The number of unbranched alkanes of at least 4 members (excludes halogenated alkanes) is 1. The summed E-state index contributed by atoms with van der Waals surface area (Å²) in [5, 5.41) is 47.9. The van der Waals surface area contributed by atoms with Gasteiger partial charge in [-0.1, -0.05) is 0 Å².